The first-order chi connectivity index (χ1) is 16.0. The van der Waals surface area contributed by atoms with Crippen molar-refractivity contribution in [1.29, 1.82) is 0 Å². The number of furan rings is 1. The Labute approximate surface area is 196 Å². The molecule has 1 aliphatic heterocycles. The highest BCUT2D eigenvalue weighted by molar-refractivity contribution is 7.98. The Balaban J connectivity index is 1.81. The van der Waals surface area contributed by atoms with Gasteiger partial charge >= 0.3 is 12.0 Å². The smallest absolute Gasteiger partial charge is 0.467 e. The zero-order valence-corrected chi connectivity index (χ0v) is 19.7. The fourth-order valence-corrected chi connectivity index (χ4v) is 4.84. The molecule has 0 spiro atoms. The number of ketones is 1. The van der Waals surface area contributed by atoms with Crippen molar-refractivity contribution < 1.29 is 28.6 Å². The highest BCUT2D eigenvalue weighted by atomic mass is 32.2. The Morgan fingerprint density at radius 1 is 1.06 bits per heavy atom. The fourth-order valence-electron chi connectivity index (χ4n) is 4.40. The van der Waals surface area contributed by atoms with Gasteiger partial charge < -0.3 is 19.0 Å². The van der Waals surface area contributed by atoms with Crippen LogP contribution in [0.25, 0.3) is 11.0 Å². The van der Waals surface area contributed by atoms with Crippen molar-refractivity contribution in [3.05, 3.63) is 53.6 Å². The number of methoxy groups -OCH3 is 1. The molecule has 0 atom stereocenters. The van der Waals surface area contributed by atoms with Crippen LogP contribution < -0.4 is 9.22 Å². The van der Waals surface area contributed by atoms with Crippen LogP contribution in [0.4, 0.5) is 10.7 Å². The fraction of sp³-hybridized carbons (Fsp3) is 0.360. The molecule has 1 aliphatic rings. The maximum absolute atomic E-state index is 13.7. The zero-order chi connectivity index (χ0) is 23.4. The molecule has 1 aromatic heterocycles. The number of nitrogens with zero attached hydrogens (tertiary/aromatic N) is 1. The van der Waals surface area contributed by atoms with E-state index in [0.29, 0.717) is 46.8 Å². The van der Waals surface area contributed by atoms with Gasteiger partial charge in [-0.2, -0.15) is 9.28 Å². The minimum atomic E-state index is -0.924. The third kappa shape index (κ3) is 4.51. The Morgan fingerprint density at radius 2 is 1.82 bits per heavy atom. The number of benzene rings is 2. The number of amides is 1. The van der Waals surface area contributed by atoms with Gasteiger partial charge in [0.2, 0.25) is 0 Å². The van der Waals surface area contributed by atoms with Crippen LogP contribution in [-0.2, 0) is 4.74 Å². The van der Waals surface area contributed by atoms with E-state index in [9.17, 15) is 14.7 Å². The highest BCUT2D eigenvalue weighted by Gasteiger charge is 2.43. The van der Waals surface area contributed by atoms with E-state index < -0.39 is 6.09 Å². The molecule has 0 bridgehead atoms. The summed E-state index contributed by atoms with van der Waals surface area (Å²) in [4.78, 5) is 27.0. The van der Waals surface area contributed by atoms with Gasteiger partial charge in [0.25, 0.3) is 0 Å². The second-order valence-corrected chi connectivity index (χ2v) is 9.04. The van der Waals surface area contributed by atoms with E-state index in [-0.39, 0.29) is 17.1 Å². The van der Waals surface area contributed by atoms with Gasteiger partial charge in [0.15, 0.2) is 12.6 Å². The third-order valence-electron chi connectivity index (χ3n) is 6.17. The molecule has 8 heteroatoms. The summed E-state index contributed by atoms with van der Waals surface area (Å²) in [5.41, 5.74) is 1.37. The summed E-state index contributed by atoms with van der Waals surface area (Å²) < 4.78 is 16.5. The van der Waals surface area contributed by atoms with Crippen LogP contribution in [0.1, 0.15) is 41.6 Å². The van der Waals surface area contributed by atoms with Crippen LogP contribution in [0.3, 0.4) is 0 Å². The lowest BCUT2D eigenvalue weighted by molar-refractivity contribution is 0.0503. The van der Waals surface area contributed by atoms with E-state index in [0.717, 1.165) is 30.6 Å². The molecule has 174 valence electrons. The second kappa shape index (κ2) is 9.99. The molecule has 33 heavy (non-hydrogen) atoms. The molecule has 0 saturated carbocycles. The molecule has 3 aromatic rings. The Kier molecular flexibility index (Phi) is 7.07. The van der Waals surface area contributed by atoms with E-state index >= 15 is 0 Å². The third-order valence-corrected chi connectivity index (χ3v) is 6.90. The summed E-state index contributed by atoms with van der Waals surface area (Å²) in [7, 11) is 1.52. The van der Waals surface area contributed by atoms with Gasteiger partial charge in [0, 0.05) is 23.0 Å². The molecular weight excluding hydrogens is 442 g/mol. The van der Waals surface area contributed by atoms with Crippen molar-refractivity contribution in [3.63, 3.8) is 0 Å². The van der Waals surface area contributed by atoms with Crippen LogP contribution in [0.15, 0.2) is 51.8 Å². The first-order valence-corrected chi connectivity index (χ1v) is 12.2. The number of carbonyl (C=O) groups is 2. The molecule has 1 amide bonds. The van der Waals surface area contributed by atoms with Gasteiger partial charge in [-0.3, -0.25) is 4.79 Å². The molecule has 0 aliphatic carbocycles. The number of quaternary nitrogens is 1. The van der Waals surface area contributed by atoms with E-state index in [2.05, 4.69) is 0 Å². The average Bonchev–Trinajstić information content (AvgIpc) is 3.11. The number of ether oxygens (including phenoxy) is 2. The monoisotopic (exact) mass is 470 g/mol. The number of hydrogen-bond acceptors (Lipinski definition) is 6. The minimum Gasteiger partial charge on any atom is -0.467 e. The van der Waals surface area contributed by atoms with Crippen molar-refractivity contribution in [2.75, 3.05) is 33.2 Å². The first-order valence-electron chi connectivity index (χ1n) is 11.0. The van der Waals surface area contributed by atoms with Gasteiger partial charge in [0.05, 0.1) is 24.7 Å². The second-order valence-electron chi connectivity index (χ2n) is 8.16. The van der Waals surface area contributed by atoms with Crippen molar-refractivity contribution >= 4 is 40.5 Å². The molecule has 7 nitrogen and oxygen atoms in total. The summed E-state index contributed by atoms with van der Waals surface area (Å²) in [6.45, 7) is 0.976. The first kappa shape index (κ1) is 23.4. The van der Waals surface area contributed by atoms with E-state index in [1.54, 1.807) is 36.4 Å². The summed E-state index contributed by atoms with van der Waals surface area (Å²) in [6, 6.07) is 12.5. The van der Waals surface area contributed by atoms with E-state index in [4.69, 9.17) is 13.9 Å². The molecule has 1 N–H and O–H groups in total. The average molecular weight is 471 g/mol. The number of carbonyl (C=O) groups excluding carboxylic acids is 1. The number of thioether (sulfide) groups is 1. The highest BCUT2D eigenvalue weighted by Crippen LogP contribution is 2.37. The van der Waals surface area contributed by atoms with E-state index in [1.165, 1.54) is 18.9 Å². The lowest BCUT2D eigenvalue weighted by Crippen LogP contribution is -2.54. The van der Waals surface area contributed by atoms with Crippen LogP contribution in [0.2, 0.25) is 0 Å². The minimum absolute atomic E-state index is 0.0254. The molecule has 0 unspecified atom stereocenters. The molecule has 4 rings (SSSR count). The molecule has 0 radical (unpaired) electrons. The van der Waals surface area contributed by atoms with Crippen molar-refractivity contribution in [3.8, 4) is 5.75 Å². The number of hydrogen-bond donors (Lipinski definition) is 1. The van der Waals surface area contributed by atoms with Gasteiger partial charge in [-0.05, 0) is 56.2 Å². The normalized spacial score (nSPS) is 15.8. The summed E-state index contributed by atoms with van der Waals surface area (Å²) in [6.07, 6.45) is 4.67. The molecule has 2 aromatic carbocycles. The maximum Gasteiger partial charge on any atom is 0.521 e. The Hall–Kier alpha value is -2.81. The topological polar surface area (TPSA) is 86.0 Å². The predicted octanol–water partition coefficient (Wildman–Crippen LogP) is 5.93. The van der Waals surface area contributed by atoms with Crippen LogP contribution in [0.5, 0.6) is 5.75 Å². The lowest BCUT2D eigenvalue weighted by atomic mass is 9.99. The predicted molar refractivity (Wildman–Crippen MR) is 128 cm³/mol. The van der Waals surface area contributed by atoms with Gasteiger partial charge in [-0.1, -0.05) is 12.1 Å². The van der Waals surface area contributed by atoms with Gasteiger partial charge in [-0.15, -0.1) is 11.8 Å². The molecular formula is C25H28NO6S+. The van der Waals surface area contributed by atoms with Crippen molar-refractivity contribution in [2.24, 2.45) is 0 Å². The van der Waals surface area contributed by atoms with Crippen molar-refractivity contribution in [2.45, 2.75) is 30.6 Å². The summed E-state index contributed by atoms with van der Waals surface area (Å²) >= 11 is 1.53. The SMILES string of the molecule is COCOc1ccc(SC)cc1C(=O)c1cccc2oc([N+]3(C(=O)O)CCCCCC3)cc12. The Morgan fingerprint density at radius 3 is 2.48 bits per heavy atom. The summed E-state index contributed by atoms with van der Waals surface area (Å²) in [5.74, 6) is 0.586. The van der Waals surface area contributed by atoms with Crippen LogP contribution in [0, 0.1) is 0 Å². The lowest BCUT2D eigenvalue weighted by Gasteiger charge is -2.27. The van der Waals surface area contributed by atoms with Crippen LogP contribution in [-0.4, -0.2) is 50.2 Å². The van der Waals surface area contributed by atoms with Gasteiger partial charge in [0.1, 0.15) is 11.3 Å². The van der Waals surface area contributed by atoms with Crippen LogP contribution >= 0.6 is 11.8 Å². The molecule has 1 saturated heterocycles. The Bertz CT molecular complexity index is 1160. The van der Waals surface area contributed by atoms with Crippen molar-refractivity contribution in [1.82, 2.24) is 4.48 Å². The molecule has 1 fully saturated rings. The largest absolute Gasteiger partial charge is 0.521 e. The summed E-state index contributed by atoms with van der Waals surface area (Å²) in [5, 5.41) is 10.7. The standard InChI is InChI=1S/C25H27NO6S/c1-30-16-31-21-11-10-17(33-2)14-20(21)24(27)18-8-7-9-22-19(18)15-23(32-22)26(25(28)29)12-5-3-4-6-13-26/h7-11,14-15H,3-6,12-13,16H2,1-2H3/p+1. The number of carboxylic acid groups (broad SMARTS) is 1. The zero-order valence-electron chi connectivity index (χ0n) is 18.8. The number of fused-ring (bicyclic) bond motifs is 1. The number of likely N-dealkylation sites (tertiary alicyclic amines) is 1. The maximum atomic E-state index is 13.7. The quantitative estimate of drug-likeness (QED) is 0.198. The van der Waals surface area contributed by atoms with Gasteiger partial charge in [-0.25, -0.2) is 0 Å². The number of rotatable bonds is 7. The van der Waals surface area contributed by atoms with E-state index in [1.807, 2.05) is 12.3 Å². The molecule has 2 heterocycles.